The van der Waals surface area contributed by atoms with Crippen molar-refractivity contribution in [3.05, 3.63) is 0 Å². The number of carboxylic acids is 1. The molecule has 0 aromatic heterocycles. The van der Waals surface area contributed by atoms with Gasteiger partial charge in [-0.05, 0) is 20.3 Å². The minimum absolute atomic E-state index is 0.0192. The van der Waals surface area contributed by atoms with Crippen molar-refractivity contribution in [2.75, 3.05) is 32.7 Å². The molecule has 1 fully saturated rings. The molecule has 0 spiro atoms. The first kappa shape index (κ1) is 15.3. The summed E-state index contributed by atoms with van der Waals surface area (Å²) in [5, 5.41) is 11.5. The summed E-state index contributed by atoms with van der Waals surface area (Å²) in [7, 11) is 0. The van der Waals surface area contributed by atoms with Crippen LogP contribution in [0.4, 0.5) is 4.79 Å². The van der Waals surface area contributed by atoms with Crippen LogP contribution in [0.2, 0.25) is 0 Å². The maximum absolute atomic E-state index is 12.0. The van der Waals surface area contributed by atoms with Crippen molar-refractivity contribution in [3.63, 3.8) is 0 Å². The van der Waals surface area contributed by atoms with Crippen LogP contribution in [0, 0.1) is 12.3 Å². The molecule has 0 saturated carbocycles. The van der Waals surface area contributed by atoms with E-state index in [0.717, 1.165) is 6.42 Å². The van der Waals surface area contributed by atoms with Crippen molar-refractivity contribution in [3.8, 4) is 12.3 Å². The predicted octanol–water partition coefficient (Wildman–Crippen LogP) is 0.200. The number of nitrogens with one attached hydrogen (secondary N) is 1. The third-order valence-electron chi connectivity index (χ3n) is 3.01. The van der Waals surface area contributed by atoms with Gasteiger partial charge in [0, 0.05) is 26.2 Å². The lowest BCUT2D eigenvalue weighted by molar-refractivity contribution is -0.138. The predicted molar refractivity (Wildman–Crippen MR) is 71.7 cm³/mol. The highest BCUT2D eigenvalue weighted by Crippen LogP contribution is 2.06. The first-order chi connectivity index (χ1) is 8.84. The molecule has 0 unspecified atom stereocenters. The number of hydrogen-bond donors (Lipinski definition) is 2. The first-order valence-corrected chi connectivity index (χ1v) is 6.33. The summed E-state index contributed by atoms with van der Waals surface area (Å²) >= 11 is 0. The van der Waals surface area contributed by atoms with Crippen LogP contribution in [-0.2, 0) is 4.79 Å². The van der Waals surface area contributed by atoms with E-state index >= 15 is 0 Å². The van der Waals surface area contributed by atoms with Gasteiger partial charge in [0.2, 0.25) is 0 Å². The van der Waals surface area contributed by atoms with Gasteiger partial charge in [0.15, 0.2) is 0 Å². The third-order valence-corrected chi connectivity index (χ3v) is 3.01. The Labute approximate surface area is 113 Å². The van der Waals surface area contributed by atoms with Gasteiger partial charge in [0.1, 0.15) is 0 Å². The quantitative estimate of drug-likeness (QED) is 0.717. The lowest BCUT2D eigenvalue weighted by atomic mass is 10.1. The molecule has 0 aromatic rings. The molecular formula is C13H21N3O3. The van der Waals surface area contributed by atoms with Crippen molar-refractivity contribution >= 4 is 12.0 Å². The second-order valence-electron chi connectivity index (χ2n) is 5.21. The molecule has 0 aliphatic carbocycles. The van der Waals surface area contributed by atoms with E-state index in [1.165, 1.54) is 0 Å². The number of urea groups is 1. The van der Waals surface area contributed by atoms with Gasteiger partial charge in [0.25, 0.3) is 0 Å². The van der Waals surface area contributed by atoms with Crippen molar-refractivity contribution in [1.29, 1.82) is 0 Å². The van der Waals surface area contributed by atoms with Crippen LogP contribution in [0.5, 0.6) is 0 Å². The number of nitrogens with zero attached hydrogens (tertiary/aromatic N) is 2. The molecule has 1 aliphatic heterocycles. The largest absolute Gasteiger partial charge is 0.480 e. The molecule has 6 heteroatoms. The molecule has 1 aliphatic rings. The molecule has 1 rings (SSSR count). The van der Waals surface area contributed by atoms with Crippen LogP contribution < -0.4 is 5.32 Å². The van der Waals surface area contributed by atoms with E-state index in [0.29, 0.717) is 26.2 Å². The summed E-state index contributed by atoms with van der Waals surface area (Å²) in [5.41, 5.74) is -0.676. The SMILES string of the molecule is C#CC(C)(C)NC(=O)N1CCCN(CC(=O)O)CC1. The fraction of sp³-hybridized carbons (Fsp3) is 0.692. The van der Waals surface area contributed by atoms with Gasteiger partial charge in [-0.15, -0.1) is 6.42 Å². The Bertz CT molecular complexity index is 387. The molecule has 6 nitrogen and oxygen atoms in total. The minimum Gasteiger partial charge on any atom is -0.480 e. The highest BCUT2D eigenvalue weighted by molar-refractivity contribution is 5.75. The van der Waals surface area contributed by atoms with Crippen molar-refractivity contribution in [2.24, 2.45) is 0 Å². The lowest BCUT2D eigenvalue weighted by Gasteiger charge is -2.26. The van der Waals surface area contributed by atoms with Gasteiger partial charge in [-0.3, -0.25) is 9.69 Å². The average molecular weight is 267 g/mol. The highest BCUT2D eigenvalue weighted by Gasteiger charge is 2.24. The van der Waals surface area contributed by atoms with E-state index < -0.39 is 11.5 Å². The lowest BCUT2D eigenvalue weighted by Crippen LogP contribution is -2.50. The van der Waals surface area contributed by atoms with E-state index in [1.54, 1.807) is 18.7 Å². The second kappa shape index (κ2) is 6.43. The van der Waals surface area contributed by atoms with Crippen LogP contribution in [0.25, 0.3) is 0 Å². The Hall–Kier alpha value is -1.74. The van der Waals surface area contributed by atoms with E-state index in [1.807, 2.05) is 4.90 Å². The Balaban J connectivity index is 2.51. The number of terminal acetylenes is 1. The molecule has 106 valence electrons. The van der Waals surface area contributed by atoms with Gasteiger partial charge in [-0.25, -0.2) is 4.79 Å². The third kappa shape index (κ3) is 5.18. The van der Waals surface area contributed by atoms with E-state index in [4.69, 9.17) is 11.5 Å². The summed E-state index contributed by atoms with van der Waals surface area (Å²) in [6.07, 6.45) is 6.10. The Morgan fingerprint density at radius 2 is 2.00 bits per heavy atom. The second-order valence-corrected chi connectivity index (χ2v) is 5.21. The zero-order chi connectivity index (χ0) is 14.5. The van der Waals surface area contributed by atoms with E-state index in [-0.39, 0.29) is 12.6 Å². The number of hydrogen-bond acceptors (Lipinski definition) is 3. The molecule has 0 atom stereocenters. The molecule has 2 N–H and O–H groups in total. The summed E-state index contributed by atoms with van der Waals surface area (Å²) in [5.74, 6) is 1.67. The molecule has 0 radical (unpaired) electrons. The van der Waals surface area contributed by atoms with Crippen molar-refractivity contribution in [1.82, 2.24) is 15.1 Å². The van der Waals surface area contributed by atoms with Gasteiger partial charge in [-0.1, -0.05) is 5.92 Å². The van der Waals surface area contributed by atoms with Crippen molar-refractivity contribution < 1.29 is 14.7 Å². The fourth-order valence-corrected chi connectivity index (χ4v) is 1.91. The van der Waals surface area contributed by atoms with Gasteiger partial charge in [0.05, 0.1) is 12.1 Å². The van der Waals surface area contributed by atoms with Crippen LogP contribution in [0.3, 0.4) is 0 Å². The molecular weight excluding hydrogens is 246 g/mol. The Kier molecular flexibility index (Phi) is 5.19. The van der Waals surface area contributed by atoms with Crippen LogP contribution in [-0.4, -0.2) is 65.2 Å². The fourth-order valence-electron chi connectivity index (χ4n) is 1.91. The zero-order valence-corrected chi connectivity index (χ0v) is 11.5. The number of amides is 2. The Morgan fingerprint density at radius 1 is 1.32 bits per heavy atom. The maximum atomic E-state index is 12.0. The van der Waals surface area contributed by atoms with Gasteiger partial charge < -0.3 is 15.3 Å². The highest BCUT2D eigenvalue weighted by atomic mass is 16.4. The summed E-state index contributed by atoms with van der Waals surface area (Å²) in [6.45, 7) is 5.93. The van der Waals surface area contributed by atoms with Crippen LogP contribution in [0.1, 0.15) is 20.3 Å². The van der Waals surface area contributed by atoms with Gasteiger partial charge >= 0.3 is 12.0 Å². The molecule has 19 heavy (non-hydrogen) atoms. The first-order valence-electron chi connectivity index (χ1n) is 6.33. The van der Waals surface area contributed by atoms with E-state index in [9.17, 15) is 9.59 Å². The molecule has 2 amide bonds. The molecule has 1 heterocycles. The smallest absolute Gasteiger partial charge is 0.318 e. The monoisotopic (exact) mass is 267 g/mol. The van der Waals surface area contributed by atoms with Crippen molar-refractivity contribution in [2.45, 2.75) is 25.8 Å². The summed E-state index contributed by atoms with van der Waals surface area (Å²) in [6, 6.07) is -0.194. The van der Waals surface area contributed by atoms with E-state index in [2.05, 4.69) is 11.2 Å². The topological polar surface area (TPSA) is 72.9 Å². The number of carbonyl (C=O) groups is 2. The summed E-state index contributed by atoms with van der Waals surface area (Å²) in [4.78, 5) is 26.2. The standard InChI is InChI=1S/C13H21N3O3/c1-4-13(2,3)14-12(19)16-7-5-6-15(8-9-16)10-11(17)18/h1H,5-10H2,2-3H3,(H,14,19)(H,17,18). The van der Waals surface area contributed by atoms with Crippen LogP contribution >= 0.6 is 0 Å². The zero-order valence-electron chi connectivity index (χ0n) is 11.5. The number of carboxylic acid groups (broad SMARTS) is 1. The summed E-state index contributed by atoms with van der Waals surface area (Å²) < 4.78 is 0. The molecule has 0 aromatic carbocycles. The number of aliphatic carboxylic acids is 1. The average Bonchev–Trinajstić information content (AvgIpc) is 2.53. The van der Waals surface area contributed by atoms with Gasteiger partial charge in [-0.2, -0.15) is 0 Å². The molecule has 0 bridgehead atoms. The molecule has 1 saturated heterocycles. The maximum Gasteiger partial charge on any atom is 0.318 e. The number of rotatable bonds is 3. The Morgan fingerprint density at radius 3 is 2.58 bits per heavy atom. The number of carbonyl (C=O) groups excluding carboxylic acids is 1. The minimum atomic E-state index is -0.841. The normalized spacial score (nSPS) is 17.4. The van der Waals surface area contributed by atoms with Crippen LogP contribution in [0.15, 0.2) is 0 Å².